The van der Waals surface area contributed by atoms with Crippen molar-refractivity contribution in [3.8, 4) is 0 Å². The molecule has 0 aromatic heterocycles. The van der Waals surface area contributed by atoms with Crippen molar-refractivity contribution >= 4 is 12.0 Å². The Labute approximate surface area is 101 Å². The summed E-state index contributed by atoms with van der Waals surface area (Å²) in [6.07, 6.45) is 5.08. The van der Waals surface area contributed by atoms with Crippen LogP contribution in [0.25, 0.3) is 0 Å². The molecule has 5 nitrogen and oxygen atoms in total. The standard InChI is InChI=1S/C12H20N2O3/c1-17-11(16)13-12(6-2-3-7-12)10(15)14-8-4-5-9-14/h2-9H2,1H3,(H,13,16). The highest BCUT2D eigenvalue weighted by atomic mass is 16.5. The molecule has 0 atom stereocenters. The van der Waals surface area contributed by atoms with E-state index in [-0.39, 0.29) is 5.91 Å². The fraction of sp³-hybridized carbons (Fsp3) is 0.833. The number of hydrogen-bond donors (Lipinski definition) is 1. The van der Waals surface area contributed by atoms with E-state index in [0.29, 0.717) is 0 Å². The van der Waals surface area contributed by atoms with E-state index in [4.69, 9.17) is 0 Å². The summed E-state index contributed by atoms with van der Waals surface area (Å²) >= 11 is 0. The molecule has 17 heavy (non-hydrogen) atoms. The second-order valence-electron chi connectivity index (χ2n) is 4.91. The van der Waals surface area contributed by atoms with Crippen LogP contribution in [0.15, 0.2) is 0 Å². The summed E-state index contributed by atoms with van der Waals surface area (Å²) in [5, 5.41) is 2.77. The molecule has 2 aliphatic rings. The molecule has 5 heteroatoms. The minimum absolute atomic E-state index is 0.0814. The molecular weight excluding hydrogens is 220 g/mol. The fourth-order valence-corrected chi connectivity index (χ4v) is 2.84. The summed E-state index contributed by atoms with van der Waals surface area (Å²) in [4.78, 5) is 25.7. The number of methoxy groups -OCH3 is 1. The largest absolute Gasteiger partial charge is 0.453 e. The molecule has 1 aliphatic heterocycles. The van der Waals surface area contributed by atoms with Gasteiger partial charge in [0.2, 0.25) is 5.91 Å². The fourth-order valence-electron chi connectivity index (χ4n) is 2.84. The highest BCUT2D eigenvalue weighted by Crippen LogP contribution is 2.32. The van der Waals surface area contributed by atoms with Crippen LogP contribution in [-0.2, 0) is 9.53 Å². The van der Waals surface area contributed by atoms with Gasteiger partial charge in [0, 0.05) is 13.1 Å². The number of rotatable bonds is 2. The van der Waals surface area contributed by atoms with E-state index >= 15 is 0 Å². The predicted molar refractivity (Wildman–Crippen MR) is 62.6 cm³/mol. The third-order valence-electron chi connectivity index (χ3n) is 3.79. The van der Waals surface area contributed by atoms with Gasteiger partial charge in [-0.3, -0.25) is 4.79 Å². The van der Waals surface area contributed by atoms with Gasteiger partial charge in [-0.2, -0.15) is 0 Å². The van der Waals surface area contributed by atoms with Crippen molar-refractivity contribution < 1.29 is 14.3 Å². The normalized spacial score (nSPS) is 22.5. The number of likely N-dealkylation sites (tertiary alicyclic amines) is 1. The minimum atomic E-state index is -0.697. The molecule has 1 heterocycles. The van der Waals surface area contributed by atoms with Gasteiger partial charge in [-0.1, -0.05) is 12.8 Å². The summed E-state index contributed by atoms with van der Waals surface area (Å²) in [5.41, 5.74) is -0.697. The molecule has 1 N–H and O–H groups in total. The van der Waals surface area contributed by atoms with E-state index in [0.717, 1.165) is 51.6 Å². The van der Waals surface area contributed by atoms with E-state index in [2.05, 4.69) is 10.1 Å². The van der Waals surface area contributed by atoms with Crippen molar-refractivity contribution in [2.24, 2.45) is 0 Å². The highest BCUT2D eigenvalue weighted by Gasteiger charge is 2.45. The zero-order valence-electron chi connectivity index (χ0n) is 10.3. The summed E-state index contributed by atoms with van der Waals surface area (Å²) in [7, 11) is 1.33. The monoisotopic (exact) mass is 240 g/mol. The van der Waals surface area contributed by atoms with Crippen LogP contribution in [0.1, 0.15) is 38.5 Å². The first kappa shape index (κ1) is 12.2. The molecule has 0 aromatic carbocycles. The lowest BCUT2D eigenvalue weighted by atomic mass is 9.96. The predicted octanol–water partition coefficient (Wildman–Crippen LogP) is 1.28. The molecule has 0 radical (unpaired) electrons. The molecule has 1 aliphatic carbocycles. The first-order chi connectivity index (χ1) is 8.18. The van der Waals surface area contributed by atoms with Crippen molar-refractivity contribution in [2.75, 3.05) is 20.2 Å². The van der Waals surface area contributed by atoms with Crippen LogP contribution in [0.3, 0.4) is 0 Å². The first-order valence-corrected chi connectivity index (χ1v) is 6.33. The molecule has 1 saturated carbocycles. The van der Waals surface area contributed by atoms with E-state index in [9.17, 15) is 9.59 Å². The SMILES string of the molecule is COC(=O)NC1(C(=O)N2CCCC2)CCCC1. The third-order valence-corrected chi connectivity index (χ3v) is 3.79. The van der Waals surface area contributed by atoms with Crippen LogP contribution < -0.4 is 5.32 Å². The number of alkyl carbamates (subject to hydrolysis) is 1. The second kappa shape index (κ2) is 4.94. The third kappa shape index (κ3) is 2.37. The first-order valence-electron chi connectivity index (χ1n) is 6.33. The lowest BCUT2D eigenvalue weighted by Gasteiger charge is -2.32. The Hall–Kier alpha value is -1.26. The van der Waals surface area contributed by atoms with Gasteiger partial charge in [-0.15, -0.1) is 0 Å². The number of amides is 2. The lowest BCUT2D eigenvalue weighted by Crippen LogP contribution is -2.57. The Balaban J connectivity index is 2.09. The maximum absolute atomic E-state index is 12.5. The maximum atomic E-state index is 12.5. The number of carbonyl (C=O) groups is 2. The van der Waals surface area contributed by atoms with Crippen LogP contribution in [0, 0.1) is 0 Å². The molecule has 0 aromatic rings. The van der Waals surface area contributed by atoms with Crippen LogP contribution >= 0.6 is 0 Å². The van der Waals surface area contributed by atoms with E-state index in [1.807, 2.05) is 4.90 Å². The molecule has 2 amide bonds. The quantitative estimate of drug-likeness (QED) is 0.791. The highest BCUT2D eigenvalue weighted by molar-refractivity contribution is 5.90. The van der Waals surface area contributed by atoms with Gasteiger partial charge in [0.15, 0.2) is 0 Å². The van der Waals surface area contributed by atoms with Gasteiger partial charge in [0.05, 0.1) is 7.11 Å². The van der Waals surface area contributed by atoms with Crippen LogP contribution in [0.4, 0.5) is 4.79 Å². The Bertz CT molecular complexity index is 305. The van der Waals surface area contributed by atoms with Crippen LogP contribution in [-0.4, -0.2) is 42.6 Å². The van der Waals surface area contributed by atoms with Crippen molar-refractivity contribution in [3.63, 3.8) is 0 Å². The molecule has 0 spiro atoms. The van der Waals surface area contributed by atoms with Gasteiger partial charge in [-0.05, 0) is 25.7 Å². The van der Waals surface area contributed by atoms with E-state index < -0.39 is 11.6 Å². The van der Waals surface area contributed by atoms with Crippen molar-refractivity contribution in [1.82, 2.24) is 10.2 Å². The number of carbonyl (C=O) groups excluding carboxylic acids is 2. The van der Waals surface area contributed by atoms with Gasteiger partial charge in [0.25, 0.3) is 0 Å². The van der Waals surface area contributed by atoms with Crippen molar-refractivity contribution in [2.45, 2.75) is 44.1 Å². The average Bonchev–Trinajstić information content (AvgIpc) is 2.99. The Morgan fingerprint density at radius 2 is 1.71 bits per heavy atom. The van der Waals surface area contributed by atoms with Gasteiger partial charge in [-0.25, -0.2) is 4.79 Å². The number of ether oxygens (including phenoxy) is 1. The Kier molecular flexibility index (Phi) is 3.54. The van der Waals surface area contributed by atoms with Crippen molar-refractivity contribution in [3.05, 3.63) is 0 Å². The van der Waals surface area contributed by atoms with Crippen LogP contribution in [0.2, 0.25) is 0 Å². The second-order valence-corrected chi connectivity index (χ2v) is 4.91. The lowest BCUT2D eigenvalue weighted by molar-refractivity contribution is -0.136. The smallest absolute Gasteiger partial charge is 0.407 e. The molecule has 96 valence electrons. The molecule has 0 unspecified atom stereocenters. The Morgan fingerprint density at radius 3 is 2.24 bits per heavy atom. The summed E-state index contributed by atoms with van der Waals surface area (Å²) in [5.74, 6) is 0.0814. The zero-order chi connectivity index (χ0) is 12.3. The van der Waals surface area contributed by atoms with Crippen molar-refractivity contribution in [1.29, 1.82) is 0 Å². The van der Waals surface area contributed by atoms with E-state index in [1.54, 1.807) is 0 Å². The average molecular weight is 240 g/mol. The molecular formula is C12H20N2O3. The van der Waals surface area contributed by atoms with E-state index in [1.165, 1.54) is 7.11 Å². The molecule has 2 rings (SSSR count). The molecule has 2 fully saturated rings. The maximum Gasteiger partial charge on any atom is 0.407 e. The number of nitrogens with one attached hydrogen (secondary N) is 1. The zero-order valence-corrected chi connectivity index (χ0v) is 10.3. The molecule has 0 bridgehead atoms. The van der Waals surface area contributed by atoms with Gasteiger partial charge in [0.1, 0.15) is 5.54 Å². The van der Waals surface area contributed by atoms with Gasteiger partial charge >= 0.3 is 6.09 Å². The van der Waals surface area contributed by atoms with Gasteiger partial charge < -0.3 is 15.0 Å². The topological polar surface area (TPSA) is 58.6 Å². The Morgan fingerprint density at radius 1 is 1.12 bits per heavy atom. The summed E-state index contributed by atoms with van der Waals surface area (Å²) in [6, 6.07) is 0. The van der Waals surface area contributed by atoms with Crippen LogP contribution in [0.5, 0.6) is 0 Å². The summed E-state index contributed by atoms with van der Waals surface area (Å²) < 4.78 is 4.63. The number of hydrogen-bond acceptors (Lipinski definition) is 3. The summed E-state index contributed by atoms with van der Waals surface area (Å²) in [6.45, 7) is 1.65. The molecule has 1 saturated heterocycles. The number of nitrogens with zero attached hydrogens (tertiary/aromatic N) is 1. The minimum Gasteiger partial charge on any atom is -0.453 e.